The molecule has 1 unspecified atom stereocenters. The maximum atomic E-state index is 13.0. The summed E-state index contributed by atoms with van der Waals surface area (Å²) < 4.78 is 0. The maximum Gasteiger partial charge on any atom is 0.184 e. The molecule has 1 aromatic rings. The molecule has 2 aliphatic carbocycles. The van der Waals surface area contributed by atoms with E-state index in [1.54, 1.807) is 0 Å². The Kier molecular flexibility index (Phi) is 5.82. The van der Waals surface area contributed by atoms with E-state index in [0.29, 0.717) is 12.3 Å². The molecule has 0 aromatic heterocycles. The summed E-state index contributed by atoms with van der Waals surface area (Å²) in [5.41, 5.74) is 3.96. The summed E-state index contributed by atoms with van der Waals surface area (Å²) in [7, 11) is 0. The summed E-state index contributed by atoms with van der Waals surface area (Å²) in [6.07, 6.45) is 8.27. The predicted molar refractivity (Wildman–Crippen MR) is 107 cm³/mol. The van der Waals surface area contributed by atoms with Gasteiger partial charge in [0.25, 0.3) is 0 Å². The van der Waals surface area contributed by atoms with Gasteiger partial charge in [0.1, 0.15) is 0 Å². The fourth-order valence-corrected chi connectivity index (χ4v) is 5.05. The van der Waals surface area contributed by atoms with Crippen molar-refractivity contribution in [2.75, 3.05) is 0 Å². The van der Waals surface area contributed by atoms with Crippen molar-refractivity contribution < 1.29 is 9.90 Å². The van der Waals surface area contributed by atoms with Crippen LogP contribution in [-0.4, -0.2) is 17.0 Å². The summed E-state index contributed by atoms with van der Waals surface area (Å²) in [6, 6.07) is 10.4. The van der Waals surface area contributed by atoms with Crippen LogP contribution in [0.1, 0.15) is 64.9 Å². The van der Waals surface area contributed by atoms with Gasteiger partial charge in [0.15, 0.2) is 5.78 Å². The molecule has 0 aliphatic heterocycles. The lowest BCUT2D eigenvalue weighted by Gasteiger charge is -2.48. The number of benzene rings is 1. The quantitative estimate of drug-likeness (QED) is 0.719. The number of hydrogen-bond acceptors (Lipinski definition) is 2. The van der Waals surface area contributed by atoms with Crippen LogP contribution in [0.3, 0.4) is 0 Å². The number of Topliss-reactive ketones (excluding diaryl/α,β-unsaturated/α-hetero) is 1. The molecule has 0 amide bonds. The summed E-state index contributed by atoms with van der Waals surface area (Å²) in [5, 5.41) is 11.1. The Morgan fingerprint density at radius 2 is 2.04 bits per heavy atom. The Labute approximate surface area is 158 Å². The van der Waals surface area contributed by atoms with Gasteiger partial charge in [-0.15, -0.1) is 0 Å². The molecule has 1 aromatic carbocycles. The van der Waals surface area contributed by atoms with Crippen LogP contribution in [-0.2, 0) is 11.2 Å². The predicted octanol–water partition coefficient (Wildman–Crippen LogP) is 5.41. The number of carbonyl (C=O) groups is 1. The van der Waals surface area contributed by atoms with Crippen LogP contribution in [0.5, 0.6) is 0 Å². The minimum Gasteiger partial charge on any atom is -0.392 e. The number of carbonyl (C=O) groups excluding carboxylic acids is 1. The molecule has 3 rings (SSSR count). The summed E-state index contributed by atoms with van der Waals surface area (Å²) in [6.45, 7) is 6.36. The highest BCUT2D eigenvalue weighted by Gasteiger charge is 2.48. The number of aliphatic hydroxyl groups excluding tert-OH is 1. The van der Waals surface area contributed by atoms with Crippen molar-refractivity contribution in [3.63, 3.8) is 0 Å². The Morgan fingerprint density at radius 1 is 1.31 bits per heavy atom. The molecule has 3 atom stereocenters. The van der Waals surface area contributed by atoms with Crippen molar-refractivity contribution in [2.45, 2.75) is 71.8 Å². The molecule has 1 fully saturated rings. The third-order valence-corrected chi connectivity index (χ3v) is 6.33. The number of rotatable bonds is 5. The second-order valence-corrected chi connectivity index (χ2v) is 8.29. The number of hydrogen-bond donors (Lipinski definition) is 1. The first-order valence-corrected chi connectivity index (χ1v) is 10.2. The molecule has 2 heteroatoms. The Morgan fingerprint density at radius 3 is 2.73 bits per heavy atom. The highest BCUT2D eigenvalue weighted by molar-refractivity contribution is 6.09. The zero-order valence-electron chi connectivity index (χ0n) is 16.4. The van der Waals surface area contributed by atoms with Gasteiger partial charge in [0, 0.05) is 5.41 Å². The number of allylic oxidation sites excluding steroid dienone is 3. The van der Waals surface area contributed by atoms with Gasteiger partial charge in [0.05, 0.1) is 6.10 Å². The topological polar surface area (TPSA) is 37.3 Å². The molecule has 1 N–H and O–H groups in total. The maximum absolute atomic E-state index is 13.0. The van der Waals surface area contributed by atoms with E-state index in [1.807, 2.05) is 13.0 Å². The van der Waals surface area contributed by atoms with E-state index in [0.717, 1.165) is 49.7 Å². The first-order valence-electron chi connectivity index (χ1n) is 10.2. The van der Waals surface area contributed by atoms with Gasteiger partial charge in [0.2, 0.25) is 0 Å². The van der Waals surface area contributed by atoms with Gasteiger partial charge in [-0.1, -0.05) is 62.2 Å². The Balaban J connectivity index is 2.05. The molecule has 2 nitrogen and oxygen atoms in total. The number of fused-ring (bicyclic) bond motifs is 1. The van der Waals surface area contributed by atoms with Gasteiger partial charge in [-0.25, -0.2) is 0 Å². The minimum atomic E-state index is -0.376. The first-order chi connectivity index (χ1) is 12.5. The Hall–Kier alpha value is -1.67. The minimum absolute atomic E-state index is 0.209. The van der Waals surface area contributed by atoms with E-state index >= 15 is 0 Å². The van der Waals surface area contributed by atoms with Gasteiger partial charge in [-0.3, -0.25) is 4.79 Å². The number of aliphatic hydroxyl groups is 1. The average Bonchev–Trinajstić information content (AvgIpc) is 2.62. The molecule has 0 spiro atoms. The highest BCUT2D eigenvalue weighted by Crippen LogP contribution is 2.52. The van der Waals surface area contributed by atoms with Crippen LogP contribution in [0, 0.1) is 11.3 Å². The van der Waals surface area contributed by atoms with E-state index in [-0.39, 0.29) is 17.3 Å². The van der Waals surface area contributed by atoms with E-state index < -0.39 is 0 Å². The summed E-state index contributed by atoms with van der Waals surface area (Å²) in [5.74, 6) is 0.614. The monoisotopic (exact) mass is 352 g/mol. The third-order valence-electron chi connectivity index (χ3n) is 6.33. The SMILES string of the molecule is CCCC(C)/C=C1\C[C@@]2(Cc3ccccc3)C(=C(C)C1=O)CCC[C@@H]2O. The van der Waals surface area contributed by atoms with Gasteiger partial charge >= 0.3 is 0 Å². The molecule has 0 radical (unpaired) electrons. The lowest BCUT2D eigenvalue weighted by Crippen LogP contribution is -2.46. The molecule has 0 saturated heterocycles. The van der Waals surface area contributed by atoms with Gasteiger partial charge < -0.3 is 5.11 Å². The van der Waals surface area contributed by atoms with E-state index in [1.165, 1.54) is 11.1 Å². The van der Waals surface area contributed by atoms with Crippen LogP contribution >= 0.6 is 0 Å². The first kappa shape index (κ1) is 19.1. The fourth-order valence-electron chi connectivity index (χ4n) is 5.05. The zero-order valence-corrected chi connectivity index (χ0v) is 16.4. The molecule has 0 heterocycles. The second kappa shape index (κ2) is 7.92. The van der Waals surface area contributed by atoms with Crippen molar-refractivity contribution in [2.24, 2.45) is 11.3 Å². The van der Waals surface area contributed by atoms with E-state index in [9.17, 15) is 9.90 Å². The van der Waals surface area contributed by atoms with Crippen LogP contribution in [0.15, 0.2) is 53.1 Å². The van der Waals surface area contributed by atoms with Crippen LogP contribution < -0.4 is 0 Å². The molecule has 140 valence electrons. The lowest BCUT2D eigenvalue weighted by atomic mass is 9.57. The van der Waals surface area contributed by atoms with Gasteiger partial charge in [-0.2, -0.15) is 0 Å². The molecular formula is C24H32O2. The van der Waals surface area contributed by atoms with Crippen LogP contribution in [0.4, 0.5) is 0 Å². The lowest BCUT2D eigenvalue weighted by molar-refractivity contribution is -0.114. The van der Waals surface area contributed by atoms with Crippen molar-refractivity contribution in [1.29, 1.82) is 0 Å². The molecule has 0 bridgehead atoms. The van der Waals surface area contributed by atoms with Crippen LogP contribution in [0.25, 0.3) is 0 Å². The third kappa shape index (κ3) is 3.57. The van der Waals surface area contributed by atoms with Crippen LogP contribution in [0.2, 0.25) is 0 Å². The smallest absolute Gasteiger partial charge is 0.184 e. The normalized spacial score (nSPS) is 29.0. The largest absolute Gasteiger partial charge is 0.392 e. The van der Waals surface area contributed by atoms with Crippen molar-refractivity contribution >= 4 is 5.78 Å². The molecule has 1 saturated carbocycles. The van der Waals surface area contributed by atoms with Gasteiger partial charge in [-0.05, 0) is 68.1 Å². The number of ketones is 1. The second-order valence-electron chi connectivity index (χ2n) is 8.29. The highest BCUT2D eigenvalue weighted by atomic mass is 16.3. The molecule has 26 heavy (non-hydrogen) atoms. The van der Waals surface area contributed by atoms with Crippen molar-refractivity contribution in [3.05, 3.63) is 58.7 Å². The van der Waals surface area contributed by atoms with E-state index in [4.69, 9.17) is 0 Å². The van der Waals surface area contributed by atoms with Crippen molar-refractivity contribution in [1.82, 2.24) is 0 Å². The fraction of sp³-hybridized carbons (Fsp3) is 0.542. The van der Waals surface area contributed by atoms with Crippen molar-refractivity contribution in [3.8, 4) is 0 Å². The Bertz CT molecular complexity index is 713. The summed E-state index contributed by atoms with van der Waals surface area (Å²) >= 11 is 0. The molecule has 2 aliphatic rings. The zero-order chi connectivity index (χ0) is 18.7. The standard InChI is InChI=1S/C24H32O2/c1-4-9-17(2)14-20-16-24(15-19-10-6-5-7-11-19)21(18(3)23(20)26)12-8-13-22(24)25/h5-7,10-11,14,17,22,25H,4,8-9,12-13,15-16H2,1-3H3/b20-14+/t17?,22-,24-/m0/s1. The summed E-state index contributed by atoms with van der Waals surface area (Å²) in [4.78, 5) is 13.0. The molecular weight excluding hydrogens is 320 g/mol. The average molecular weight is 353 g/mol. The van der Waals surface area contributed by atoms with E-state index in [2.05, 4.69) is 44.2 Å².